The molecule has 2 aromatic rings. The molecule has 0 bridgehead atoms. The number of benzene rings is 1. The number of piperidine rings is 1. The monoisotopic (exact) mass is 338 g/mol. The van der Waals surface area contributed by atoms with Crippen molar-refractivity contribution in [1.29, 1.82) is 0 Å². The van der Waals surface area contributed by atoms with Gasteiger partial charge in [0, 0.05) is 32.5 Å². The van der Waals surface area contributed by atoms with Gasteiger partial charge in [0.15, 0.2) is 0 Å². The highest BCUT2D eigenvalue weighted by Crippen LogP contribution is 2.48. The first-order valence-corrected chi connectivity index (χ1v) is 8.75. The predicted octanol–water partition coefficient (Wildman–Crippen LogP) is 2.90. The molecule has 0 unspecified atom stereocenters. The minimum atomic E-state index is -0.189. The van der Waals surface area contributed by atoms with E-state index in [1.807, 2.05) is 35.0 Å². The number of furan rings is 1. The summed E-state index contributed by atoms with van der Waals surface area (Å²) < 4.78 is 5.03. The topological polar surface area (TPSA) is 53.8 Å². The van der Waals surface area contributed by atoms with Crippen LogP contribution in [0.3, 0.4) is 0 Å². The van der Waals surface area contributed by atoms with Gasteiger partial charge in [0.2, 0.25) is 5.91 Å². The molecule has 2 saturated heterocycles. The van der Waals surface area contributed by atoms with Crippen molar-refractivity contribution in [2.45, 2.75) is 30.7 Å². The number of carbonyl (C=O) groups excluding carboxylic acids is 2. The maximum Gasteiger partial charge on any atom is 0.257 e. The lowest BCUT2D eigenvalue weighted by atomic mass is 9.73. The van der Waals surface area contributed by atoms with Crippen LogP contribution >= 0.6 is 0 Å². The lowest BCUT2D eigenvalue weighted by Gasteiger charge is -2.46. The molecule has 2 amide bonds. The SMILES string of the molecule is CN1C(=O)C[C@@H](c2ccccc2)C12CCN(C(=O)c1ccoc1)CC2. The zero-order valence-electron chi connectivity index (χ0n) is 14.4. The summed E-state index contributed by atoms with van der Waals surface area (Å²) in [7, 11) is 1.92. The van der Waals surface area contributed by atoms with Crippen LogP contribution in [0.2, 0.25) is 0 Å². The van der Waals surface area contributed by atoms with Crippen LogP contribution in [0, 0.1) is 0 Å². The normalized spacial score (nSPS) is 22.6. The van der Waals surface area contributed by atoms with E-state index in [-0.39, 0.29) is 23.3 Å². The van der Waals surface area contributed by atoms with E-state index in [0.717, 1.165) is 12.8 Å². The summed E-state index contributed by atoms with van der Waals surface area (Å²) in [6.07, 6.45) is 5.17. The molecule has 5 heteroatoms. The second-order valence-corrected chi connectivity index (χ2v) is 7.03. The minimum absolute atomic E-state index is 0.00633. The van der Waals surface area contributed by atoms with E-state index in [0.29, 0.717) is 25.1 Å². The van der Waals surface area contributed by atoms with Crippen molar-refractivity contribution in [1.82, 2.24) is 9.80 Å². The van der Waals surface area contributed by atoms with Crippen LogP contribution in [0.25, 0.3) is 0 Å². The molecule has 130 valence electrons. The molecule has 0 radical (unpaired) electrons. The Morgan fingerprint density at radius 1 is 1.16 bits per heavy atom. The Balaban J connectivity index is 1.57. The third-order valence-electron chi connectivity index (χ3n) is 5.96. The van der Waals surface area contributed by atoms with Crippen LogP contribution in [0.5, 0.6) is 0 Å². The first-order valence-electron chi connectivity index (χ1n) is 8.75. The van der Waals surface area contributed by atoms with Gasteiger partial charge in [-0.15, -0.1) is 0 Å². The molecule has 0 aliphatic carbocycles. The van der Waals surface area contributed by atoms with Gasteiger partial charge in [0.05, 0.1) is 17.4 Å². The number of nitrogens with zero attached hydrogens (tertiary/aromatic N) is 2. The smallest absolute Gasteiger partial charge is 0.257 e. The fourth-order valence-corrected chi connectivity index (χ4v) is 4.45. The summed E-state index contributed by atoms with van der Waals surface area (Å²) >= 11 is 0. The number of hydrogen-bond donors (Lipinski definition) is 0. The average Bonchev–Trinajstić information content (AvgIpc) is 3.27. The van der Waals surface area contributed by atoms with Crippen LogP contribution in [0.15, 0.2) is 53.3 Å². The van der Waals surface area contributed by atoms with E-state index in [9.17, 15) is 9.59 Å². The summed E-state index contributed by atoms with van der Waals surface area (Å²) in [4.78, 5) is 28.8. The summed E-state index contributed by atoms with van der Waals surface area (Å²) in [6, 6.07) is 12.0. The quantitative estimate of drug-likeness (QED) is 0.846. The van der Waals surface area contributed by atoms with Gasteiger partial charge in [-0.3, -0.25) is 9.59 Å². The first-order chi connectivity index (χ1) is 12.1. The zero-order valence-corrected chi connectivity index (χ0v) is 14.4. The Kier molecular flexibility index (Phi) is 3.86. The van der Waals surface area contributed by atoms with Gasteiger partial charge >= 0.3 is 0 Å². The number of likely N-dealkylation sites (tertiary alicyclic amines) is 2. The van der Waals surface area contributed by atoms with E-state index in [4.69, 9.17) is 4.42 Å². The molecular formula is C20H22N2O3. The van der Waals surface area contributed by atoms with Gasteiger partial charge in [-0.1, -0.05) is 30.3 Å². The summed E-state index contributed by atoms with van der Waals surface area (Å²) in [5.74, 6) is 0.396. The van der Waals surface area contributed by atoms with E-state index in [1.54, 1.807) is 6.07 Å². The molecular weight excluding hydrogens is 316 g/mol. The van der Waals surface area contributed by atoms with E-state index in [2.05, 4.69) is 12.1 Å². The van der Waals surface area contributed by atoms with Gasteiger partial charge in [-0.25, -0.2) is 0 Å². The Morgan fingerprint density at radius 2 is 1.88 bits per heavy atom. The molecule has 1 aromatic heterocycles. The van der Waals surface area contributed by atoms with E-state index in [1.165, 1.54) is 18.1 Å². The lowest BCUT2D eigenvalue weighted by Crippen LogP contribution is -2.55. The molecule has 2 aliphatic heterocycles. The second kappa shape index (κ2) is 6.06. The third-order valence-corrected chi connectivity index (χ3v) is 5.96. The van der Waals surface area contributed by atoms with Crippen molar-refractivity contribution in [2.24, 2.45) is 0 Å². The van der Waals surface area contributed by atoms with Gasteiger partial charge < -0.3 is 14.2 Å². The van der Waals surface area contributed by atoms with Crippen molar-refractivity contribution in [3.63, 3.8) is 0 Å². The molecule has 2 fully saturated rings. The molecule has 1 atom stereocenters. The van der Waals surface area contributed by atoms with E-state index < -0.39 is 0 Å². The molecule has 4 rings (SSSR count). The molecule has 25 heavy (non-hydrogen) atoms. The summed E-state index contributed by atoms with van der Waals surface area (Å²) in [6.45, 7) is 1.32. The molecule has 1 aromatic carbocycles. The van der Waals surface area contributed by atoms with Gasteiger partial charge in [-0.05, 0) is 24.5 Å². The Bertz CT molecular complexity index is 762. The van der Waals surface area contributed by atoms with Crippen LogP contribution in [-0.4, -0.2) is 47.3 Å². The fourth-order valence-electron chi connectivity index (χ4n) is 4.45. The third kappa shape index (κ3) is 2.54. The predicted molar refractivity (Wildman–Crippen MR) is 93.1 cm³/mol. The number of rotatable bonds is 2. The zero-order chi connectivity index (χ0) is 17.4. The van der Waals surface area contributed by atoms with Crippen molar-refractivity contribution in [2.75, 3.05) is 20.1 Å². The lowest BCUT2D eigenvalue weighted by molar-refractivity contribution is -0.130. The van der Waals surface area contributed by atoms with Crippen LogP contribution in [0.4, 0.5) is 0 Å². The highest BCUT2D eigenvalue weighted by Gasteiger charge is 2.52. The molecule has 3 heterocycles. The Labute approximate surface area is 147 Å². The highest BCUT2D eigenvalue weighted by atomic mass is 16.3. The summed E-state index contributed by atoms with van der Waals surface area (Å²) in [5, 5.41) is 0. The van der Waals surface area contributed by atoms with Crippen molar-refractivity contribution in [3.8, 4) is 0 Å². The van der Waals surface area contributed by atoms with Crippen molar-refractivity contribution < 1.29 is 14.0 Å². The van der Waals surface area contributed by atoms with Gasteiger partial charge in [-0.2, -0.15) is 0 Å². The maximum atomic E-state index is 12.5. The Morgan fingerprint density at radius 3 is 2.52 bits per heavy atom. The van der Waals surface area contributed by atoms with E-state index >= 15 is 0 Å². The fraction of sp³-hybridized carbons (Fsp3) is 0.400. The molecule has 1 spiro atoms. The average molecular weight is 338 g/mol. The standard InChI is InChI=1S/C20H22N2O3/c1-21-18(23)13-17(15-5-3-2-4-6-15)20(21)8-10-22(11-9-20)19(24)16-7-12-25-14-16/h2-7,12,14,17H,8-11,13H2,1H3/t17-/m0/s1. The largest absolute Gasteiger partial charge is 0.472 e. The first kappa shape index (κ1) is 15.9. The second-order valence-electron chi connectivity index (χ2n) is 7.03. The minimum Gasteiger partial charge on any atom is -0.472 e. The molecule has 5 nitrogen and oxygen atoms in total. The van der Waals surface area contributed by atoms with Crippen LogP contribution in [0.1, 0.15) is 41.1 Å². The highest BCUT2D eigenvalue weighted by molar-refractivity contribution is 5.94. The Hall–Kier alpha value is -2.56. The molecule has 0 saturated carbocycles. The van der Waals surface area contributed by atoms with Crippen molar-refractivity contribution >= 4 is 11.8 Å². The number of amides is 2. The number of hydrogen-bond acceptors (Lipinski definition) is 3. The number of likely N-dealkylation sites (N-methyl/N-ethyl adjacent to an activating group) is 1. The van der Waals surface area contributed by atoms with Gasteiger partial charge in [0.1, 0.15) is 6.26 Å². The van der Waals surface area contributed by atoms with Crippen LogP contribution < -0.4 is 0 Å². The molecule has 0 N–H and O–H groups in total. The summed E-state index contributed by atoms with van der Waals surface area (Å²) in [5.41, 5.74) is 1.62. The van der Waals surface area contributed by atoms with Gasteiger partial charge in [0.25, 0.3) is 5.91 Å². The number of carbonyl (C=O) groups is 2. The van der Waals surface area contributed by atoms with Crippen molar-refractivity contribution in [3.05, 3.63) is 60.1 Å². The van der Waals surface area contributed by atoms with Crippen LogP contribution in [-0.2, 0) is 4.79 Å². The molecule has 2 aliphatic rings. The maximum absolute atomic E-state index is 12.5.